The predicted molar refractivity (Wildman–Crippen MR) is 139 cm³/mol. The van der Waals surface area contributed by atoms with Crippen molar-refractivity contribution in [1.82, 2.24) is 30.2 Å². The number of nitrogens with zero attached hydrogens (tertiary/aromatic N) is 5. The van der Waals surface area contributed by atoms with Crippen LogP contribution in [0.3, 0.4) is 0 Å². The number of rotatable bonds is 6. The molecule has 4 rings (SSSR count). The smallest absolute Gasteiger partial charge is 0.357 e. The van der Waals surface area contributed by atoms with Gasteiger partial charge >= 0.3 is 5.97 Å². The first-order valence-corrected chi connectivity index (χ1v) is 12.0. The van der Waals surface area contributed by atoms with Crippen LogP contribution < -0.4 is 0 Å². The second kappa shape index (κ2) is 14.0. The topological polar surface area (TPSA) is 98.6 Å². The Morgan fingerprint density at radius 3 is 2.31 bits per heavy atom. The molecular formula is C26H33ClN6O2. The van der Waals surface area contributed by atoms with Crippen molar-refractivity contribution in [3.63, 3.8) is 0 Å². The van der Waals surface area contributed by atoms with Gasteiger partial charge in [-0.1, -0.05) is 92.9 Å². The second-order valence-corrected chi connectivity index (χ2v) is 7.83. The lowest BCUT2D eigenvalue weighted by Crippen LogP contribution is -2.10. The number of hydrogen-bond acceptors (Lipinski definition) is 6. The zero-order chi connectivity index (χ0) is 25.8. The summed E-state index contributed by atoms with van der Waals surface area (Å²) in [7, 11) is 3.10. The van der Waals surface area contributed by atoms with E-state index in [1.807, 2.05) is 32.0 Å². The Balaban J connectivity index is 0.000000235. The summed E-state index contributed by atoms with van der Waals surface area (Å²) in [5.74, 6) is 0.992. The van der Waals surface area contributed by atoms with Gasteiger partial charge in [0.15, 0.2) is 10.8 Å². The molecule has 0 aliphatic heterocycles. The molecule has 0 aliphatic rings. The van der Waals surface area contributed by atoms with E-state index in [0.717, 1.165) is 41.8 Å². The number of carbonyl (C=O) groups is 1. The fourth-order valence-electron chi connectivity index (χ4n) is 3.32. The number of aryl methyl sites for hydroxylation is 2. The molecule has 0 aliphatic carbocycles. The van der Waals surface area contributed by atoms with Crippen molar-refractivity contribution in [2.75, 3.05) is 7.11 Å². The maximum atomic E-state index is 11.4. The van der Waals surface area contributed by atoms with Crippen molar-refractivity contribution < 1.29 is 9.53 Å². The SMILES string of the molecule is CC.CCCCc1nc(Cl)c(C(=O)OC)n1C.Cc1ccc(-c2ccccc2-c2nn[nH]n2)cc1. The van der Waals surface area contributed by atoms with Gasteiger partial charge in [-0.05, 0) is 29.7 Å². The molecule has 2 aromatic heterocycles. The van der Waals surface area contributed by atoms with Gasteiger partial charge in [-0.3, -0.25) is 0 Å². The van der Waals surface area contributed by atoms with Gasteiger partial charge in [0.25, 0.3) is 0 Å². The van der Waals surface area contributed by atoms with Crippen LogP contribution in [-0.2, 0) is 18.2 Å². The Kier molecular flexibility index (Phi) is 11.1. The van der Waals surface area contributed by atoms with Crippen molar-refractivity contribution >= 4 is 17.6 Å². The zero-order valence-electron chi connectivity index (χ0n) is 21.2. The number of hydrogen-bond donors (Lipinski definition) is 1. The first-order chi connectivity index (χ1) is 17.0. The van der Waals surface area contributed by atoms with Crippen LogP contribution in [0.25, 0.3) is 22.5 Å². The molecule has 4 aromatic rings. The third-order valence-electron chi connectivity index (χ3n) is 5.15. The Bertz CT molecular complexity index is 1190. The van der Waals surface area contributed by atoms with E-state index < -0.39 is 5.97 Å². The highest BCUT2D eigenvalue weighted by atomic mass is 35.5. The van der Waals surface area contributed by atoms with E-state index in [1.165, 1.54) is 12.7 Å². The maximum absolute atomic E-state index is 11.4. The Labute approximate surface area is 211 Å². The lowest BCUT2D eigenvalue weighted by Gasteiger charge is -2.06. The summed E-state index contributed by atoms with van der Waals surface area (Å²) in [6.07, 6.45) is 2.93. The molecule has 9 heteroatoms. The molecule has 0 saturated carbocycles. The molecule has 2 heterocycles. The number of carbonyl (C=O) groups excluding carboxylic acids is 1. The van der Waals surface area contributed by atoms with Crippen LogP contribution in [0.2, 0.25) is 5.15 Å². The first-order valence-electron chi connectivity index (χ1n) is 11.7. The van der Waals surface area contributed by atoms with Gasteiger partial charge < -0.3 is 9.30 Å². The number of unbranched alkanes of at least 4 members (excludes halogenated alkanes) is 1. The summed E-state index contributed by atoms with van der Waals surface area (Å²) in [5.41, 5.74) is 4.82. The van der Waals surface area contributed by atoms with E-state index in [4.69, 9.17) is 11.6 Å². The summed E-state index contributed by atoms with van der Waals surface area (Å²) in [5, 5.41) is 14.4. The monoisotopic (exact) mass is 496 g/mol. The van der Waals surface area contributed by atoms with Crippen LogP contribution in [0.5, 0.6) is 0 Å². The molecule has 35 heavy (non-hydrogen) atoms. The average Bonchev–Trinajstić information content (AvgIpc) is 3.52. The summed E-state index contributed by atoms with van der Waals surface area (Å²) >= 11 is 5.87. The van der Waals surface area contributed by atoms with Crippen LogP contribution in [0.15, 0.2) is 48.5 Å². The quantitative estimate of drug-likeness (QED) is 0.325. The predicted octanol–water partition coefficient (Wildman–Crippen LogP) is 6.07. The van der Waals surface area contributed by atoms with Gasteiger partial charge in [0.05, 0.1) is 7.11 Å². The van der Waals surface area contributed by atoms with E-state index in [2.05, 4.69) is 74.5 Å². The van der Waals surface area contributed by atoms with Crippen LogP contribution in [0.1, 0.15) is 55.5 Å². The summed E-state index contributed by atoms with van der Waals surface area (Å²) < 4.78 is 6.33. The highest BCUT2D eigenvalue weighted by Gasteiger charge is 2.19. The van der Waals surface area contributed by atoms with Crippen molar-refractivity contribution in [3.8, 4) is 22.5 Å². The van der Waals surface area contributed by atoms with Gasteiger partial charge in [0.1, 0.15) is 5.82 Å². The van der Waals surface area contributed by atoms with Crippen LogP contribution in [0.4, 0.5) is 0 Å². The van der Waals surface area contributed by atoms with Gasteiger partial charge in [-0.15, -0.1) is 10.2 Å². The normalized spacial score (nSPS) is 10.0. The number of ether oxygens (including phenoxy) is 1. The maximum Gasteiger partial charge on any atom is 0.357 e. The number of benzene rings is 2. The largest absolute Gasteiger partial charge is 0.464 e. The summed E-state index contributed by atoms with van der Waals surface area (Å²) in [6.45, 7) is 8.18. The van der Waals surface area contributed by atoms with Gasteiger partial charge in [-0.2, -0.15) is 5.21 Å². The summed E-state index contributed by atoms with van der Waals surface area (Å²) in [4.78, 5) is 15.5. The Morgan fingerprint density at radius 2 is 1.74 bits per heavy atom. The first kappa shape index (κ1) is 27.7. The van der Waals surface area contributed by atoms with Crippen molar-refractivity contribution in [3.05, 3.63) is 70.8 Å². The number of H-pyrrole nitrogens is 1. The number of aromatic nitrogens is 6. The average molecular weight is 497 g/mol. The Hall–Kier alpha value is -3.52. The fourth-order valence-corrected chi connectivity index (χ4v) is 3.63. The molecule has 1 N–H and O–H groups in total. The fraction of sp³-hybridized carbons (Fsp3) is 0.346. The van der Waals surface area contributed by atoms with E-state index in [1.54, 1.807) is 11.6 Å². The van der Waals surface area contributed by atoms with Gasteiger partial charge in [0.2, 0.25) is 5.82 Å². The number of nitrogens with one attached hydrogen (secondary N) is 1. The molecule has 2 aromatic carbocycles. The molecule has 186 valence electrons. The van der Waals surface area contributed by atoms with E-state index in [0.29, 0.717) is 11.5 Å². The molecule has 0 unspecified atom stereocenters. The molecule has 8 nitrogen and oxygen atoms in total. The van der Waals surface area contributed by atoms with Crippen LogP contribution in [-0.4, -0.2) is 43.3 Å². The zero-order valence-corrected chi connectivity index (χ0v) is 21.9. The standard InChI is InChI=1S/C14H12N4.C10H15ClN2O2.C2H6/c1-10-6-8-11(9-7-10)12-4-2-3-5-13(12)14-15-17-18-16-14;1-4-5-6-7-12-9(11)8(13(7)2)10(14)15-3;1-2/h2-9H,1H3,(H,15,16,17,18);4-6H2,1-3H3;1-2H3. The minimum absolute atomic E-state index is 0.218. The molecule has 0 atom stereocenters. The van der Waals surface area contributed by atoms with Crippen LogP contribution in [0, 0.1) is 6.92 Å². The number of tetrazole rings is 1. The minimum Gasteiger partial charge on any atom is -0.464 e. The highest BCUT2D eigenvalue weighted by molar-refractivity contribution is 6.32. The number of imidazole rings is 1. The van der Waals surface area contributed by atoms with E-state index in [-0.39, 0.29) is 5.15 Å². The molecular weight excluding hydrogens is 464 g/mol. The van der Waals surface area contributed by atoms with Crippen LogP contribution >= 0.6 is 11.6 Å². The van der Waals surface area contributed by atoms with E-state index in [9.17, 15) is 4.79 Å². The van der Waals surface area contributed by atoms with Gasteiger partial charge in [-0.25, -0.2) is 9.78 Å². The minimum atomic E-state index is -0.447. The summed E-state index contributed by atoms with van der Waals surface area (Å²) in [6, 6.07) is 16.5. The molecule has 0 amide bonds. The van der Waals surface area contributed by atoms with E-state index >= 15 is 0 Å². The third kappa shape index (κ3) is 7.23. The van der Waals surface area contributed by atoms with Crippen molar-refractivity contribution in [2.45, 2.75) is 47.0 Å². The highest BCUT2D eigenvalue weighted by Crippen LogP contribution is 2.29. The van der Waals surface area contributed by atoms with Gasteiger partial charge in [0, 0.05) is 19.0 Å². The molecule has 0 radical (unpaired) electrons. The molecule has 0 bridgehead atoms. The molecule has 0 spiro atoms. The van der Waals surface area contributed by atoms with Crippen molar-refractivity contribution in [1.29, 1.82) is 0 Å². The second-order valence-electron chi connectivity index (χ2n) is 7.47. The number of esters is 1. The van der Waals surface area contributed by atoms with Crippen molar-refractivity contribution in [2.24, 2.45) is 7.05 Å². The number of aromatic amines is 1. The lowest BCUT2D eigenvalue weighted by atomic mass is 9.98. The molecule has 0 fully saturated rings. The third-order valence-corrected chi connectivity index (χ3v) is 5.42. The molecule has 0 saturated heterocycles. The number of halogens is 1. The Morgan fingerprint density at radius 1 is 1.09 bits per heavy atom. The number of methoxy groups -OCH3 is 1. The lowest BCUT2D eigenvalue weighted by molar-refractivity contribution is 0.0589.